The molecule has 0 spiro atoms. The second-order valence-corrected chi connectivity index (χ2v) is 19.0. The standard InChI is InChI=1S/C48H47NO8Si/c1-48(2,3)58(39-21-13-7-14-22-39,40-23-15-8-16-24-40)57-33-37-25-27-41(43(29-37)45(50)54-31-35-17-9-5-10-18-35)42-28-26-38(30-44(42)46(51)56-34-53-4)49-47(52)55-32-36-19-11-6-12-20-36/h5-30H,31-34H2,1-4H3,(H,49,52). The fraction of sp³-hybridized carbons (Fsp3) is 0.188. The molecule has 6 aromatic carbocycles. The van der Waals surface area contributed by atoms with Crippen LogP contribution in [0.2, 0.25) is 5.04 Å². The summed E-state index contributed by atoms with van der Waals surface area (Å²) < 4.78 is 28.9. The largest absolute Gasteiger partial charge is 0.457 e. The van der Waals surface area contributed by atoms with Crippen LogP contribution in [0.25, 0.3) is 11.1 Å². The number of anilines is 1. The number of carbonyl (C=O) groups excluding carboxylic acids is 3. The van der Waals surface area contributed by atoms with Gasteiger partial charge in [0.15, 0.2) is 6.79 Å². The quantitative estimate of drug-likeness (QED) is 0.0475. The number of hydrogen-bond acceptors (Lipinski definition) is 8. The smallest absolute Gasteiger partial charge is 0.411 e. The highest BCUT2D eigenvalue weighted by molar-refractivity contribution is 6.99. The molecule has 0 aromatic heterocycles. The number of ether oxygens (including phenoxy) is 4. The van der Waals surface area contributed by atoms with E-state index >= 15 is 0 Å². The molecule has 6 rings (SSSR count). The lowest BCUT2D eigenvalue weighted by molar-refractivity contribution is -0.0124. The van der Waals surface area contributed by atoms with Crippen LogP contribution in [0.5, 0.6) is 0 Å². The molecule has 0 saturated heterocycles. The molecule has 0 heterocycles. The van der Waals surface area contributed by atoms with Gasteiger partial charge in [-0.15, -0.1) is 0 Å². The number of methoxy groups -OCH3 is 1. The van der Waals surface area contributed by atoms with Gasteiger partial charge in [-0.2, -0.15) is 0 Å². The fourth-order valence-electron chi connectivity index (χ4n) is 6.93. The van der Waals surface area contributed by atoms with Crippen LogP contribution in [0.1, 0.15) is 58.2 Å². The first-order chi connectivity index (χ1) is 28.1. The van der Waals surface area contributed by atoms with Crippen molar-refractivity contribution in [1.82, 2.24) is 0 Å². The summed E-state index contributed by atoms with van der Waals surface area (Å²) in [7, 11) is -1.52. The topological polar surface area (TPSA) is 109 Å². The first kappa shape index (κ1) is 41.3. The van der Waals surface area contributed by atoms with Crippen LogP contribution in [0.4, 0.5) is 10.5 Å². The van der Waals surface area contributed by atoms with Crippen molar-refractivity contribution in [3.63, 3.8) is 0 Å². The molecular formula is C48H47NO8Si. The summed E-state index contributed by atoms with van der Waals surface area (Å²) in [4.78, 5) is 40.6. The van der Waals surface area contributed by atoms with Gasteiger partial charge in [0.05, 0.1) is 17.7 Å². The van der Waals surface area contributed by atoms with Gasteiger partial charge >= 0.3 is 18.0 Å². The van der Waals surface area contributed by atoms with Gasteiger partial charge in [-0.25, -0.2) is 14.4 Å². The fourth-order valence-corrected chi connectivity index (χ4v) is 11.5. The Balaban J connectivity index is 1.38. The lowest BCUT2D eigenvalue weighted by Gasteiger charge is -2.43. The van der Waals surface area contributed by atoms with Crippen LogP contribution in [-0.4, -0.2) is 40.3 Å². The molecular weight excluding hydrogens is 747 g/mol. The SMILES string of the molecule is COCOC(=O)c1cc(NC(=O)OCc2ccccc2)ccc1-c1ccc(CO[Si](c2ccccc2)(c2ccccc2)C(C)(C)C)cc1C(=O)OCc1ccccc1. The van der Waals surface area contributed by atoms with E-state index in [4.69, 9.17) is 23.4 Å². The summed E-state index contributed by atoms with van der Waals surface area (Å²) in [6, 6.07) is 49.6. The normalized spacial score (nSPS) is 11.4. The number of benzene rings is 6. The highest BCUT2D eigenvalue weighted by Crippen LogP contribution is 2.38. The molecule has 9 nitrogen and oxygen atoms in total. The molecule has 0 aliphatic carbocycles. The molecule has 0 radical (unpaired) electrons. The van der Waals surface area contributed by atoms with E-state index in [0.29, 0.717) is 11.1 Å². The molecule has 296 valence electrons. The van der Waals surface area contributed by atoms with Crippen molar-refractivity contribution >= 4 is 42.4 Å². The van der Waals surface area contributed by atoms with Crippen LogP contribution in [0, 0.1) is 0 Å². The van der Waals surface area contributed by atoms with E-state index in [1.807, 2.05) is 103 Å². The summed E-state index contributed by atoms with van der Waals surface area (Å²) >= 11 is 0. The zero-order valence-corrected chi connectivity index (χ0v) is 34.1. The van der Waals surface area contributed by atoms with Crippen LogP contribution in [0.15, 0.2) is 158 Å². The molecule has 0 aliphatic rings. The third kappa shape index (κ3) is 9.96. The Morgan fingerprint density at radius 2 is 1.02 bits per heavy atom. The first-order valence-corrected chi connectivity index (χ1v) is 20.9. The average molecular weight is 794 g/mol. The molecule has 0 fully saturated rings. The van der Waals surface area contributed by atoms with Gasteiger partial charge in [0.1, 0.15) is 13.2 Å². The Kier molecular flexibility index (Phi) is 13.7. The Labute approximate surface area is 340 Å². The maximum Gasteiger partial charge on any atom is 0.411 e. The molecule has 0 unspecified atom stereocenters. The van der Waals surface area contributed by atoms with E-state index in [1.165, 1.54) is 13.2 Å². The number of nitrogens with one attached hydrogen (secondary N) is 1. The van der Waals surface area contributed by atoms with E-state index in [0.717, 1.165) is 27.1 Å². The van der Waals surface area contributed by atoms with Gasteiger partial charge in [-0.05, 0) is 61.4 Å². The molecule has 0 bridgehead atoms. The van der Waals surface area contributed by atoms with Crippen molar-refractivity contribution in [3.8, 4) is 11.1 Å². The van der Waals surface area contributed by atoms with Crippen LogP contribution >= 0.6 is 0 Å². The molecule has 1 amide bonds. The molecule has 0 saturated carbocycles. The van der Waals surface area contributed by atoms with E-state index in [9.17, 15) is 14.4 Å². The Hall–Kier alpha value is -6.33. The van der Waals surface area contributed by atoms with Crippen molar-refractivity contribution in [2.45, 2.75) is 45.6 Å². The maximum atomic E-state index is 14.2. The van der Waals surface area contributed by atoms with Crippen molar-refractivity contribution in [2.75, 3.05) is 19.2 Å². The zero-order valence-electron chi connectivity index (χ0n) is 33.1. The highest BCUT2D eigenvalue weighted by atomic mass is 28.4. The van der Waals surface area contributed by atoms with Crippen LogP contribution in [0.3, 0.4) is 0 Å². The summed E-state index contributed by atoms with van der Waals surface area (Å²) in [5.41, 5.74) is 3.80. The van der Waals surface area contributed by atoms with Crippen LogP contribution < -0.4 is 15.7 Å². The molecule has 6 aromatic rings. The lowest BCUT2D eigenvalue weighted by atomic mass is 9.93. The Bertz CT molecular complexity index is 2260. The first-order valence-electron chi connectivity index (χ1n) is 19.0. The van der Waals surface area contributed by atoms with Crippen molar-refractivity contribution in [2.24, 2.45) is 0 Å². The summed E-state index contributed by atoms with van der Waals surface area (Å²) in [6.07, 6.45) is -0.705. The predicted molar refractivity (Wildman–Crippen MR) is 227 cm³/mol. The second-order valence-electron chi connectivity index (χ2n) is 14.7. The van der Waals surface area contributed by atoms with E-state index in [-0.39, 0.29) is 48.5 Å². The van der Waals surface area contributed by atoms with E-state index in [2.05, 4.69) is 50.4 Å². The lowest BCUT2D eigenvalue weighted by Crippen LogP contribution is -2.66. The van der Waals surface area contributed by atoms with E-state index < -0.39 is 26.3 Å². The molecule has 1 N–H and O–H groups in total. The predicted octanol–water partition coefficient (Wildman–Crippen LogP) is 9.30. The van der Waals surface area contributed by atoms with Gasteiger partial charge in [0, 0.05) is 12.8 Å². The molecule has 10 heteroatoms. The van der Waals surface area contributed by atoms with Crippen molar-refractivity contribution in [1.29, 1.82) is 0 Å². The Morgan fingerprint density at radius 3 is 1.55 bits per heavy atom. The molecule has 0 aliphatic heterocycles. The van der Waals surface area contributed by atoms with Crippen molar-refractivity contribution < 1.29 is 37.8 Å². The third-order valence-electron chi connectivity index (χ3n) is 9.69. The number of hydrogen-bond donors (Lipinski definition) is 1. The monoisotopic (exact) mass is 793 g/mol. The summed E-state index contributed by atoms with van der Waals surface area (Å²) in [5.74, 6) is -1.31. The van der Waals surface area contributed by atoms with Gasteiger partial charge in [-0.1, -0.05) is 160 Å². The minimum atomic E-state index is -2.93. The molecule has 0 atom stereocenters. The van der Waals surface area contributed by atoms with E-state index in [1.54, 1.807) is 24.3 Å². The number of esters is 2. The average Bonchev–Trinajstić information content (AvgIpc) is 3.25. The van der Waals surface area contributed by atoms with Gasteiger partial charge in [-0.3, -0.25) is 5.32 Å². The maximum absolute atomic E-state index is 14.2. The number of rotatable bonds is 15. The minimum Gasteiger partial charge on any atom is -0.457 e. The van der Waals surface area contributed by atoms with Gasteiger partial charge < -0.3 is 23.4 Å². The zero-order chi connectivity index (χ0) is 41.0. The van der Waals surface area contributed by atoms with Crippen LogP contribution in [-0.2, 0) is 43.2 Å². The Morgan fingerprint density at radius 1 is 0.534 bits per heavy atom. The van der Waals surface area contributed by atoms with Crippen molar-refractivity contribution in [3.05, 3.63) is 186 Å². The van der Waals surface area contributed by atoms with Gasteiger partial charge in [0.25, 0.3) is 8.32 Å². The number of carbonyl (C=O) groups is 3. The second kappa shape index (κ2) is 19.2. The summed E-state index contributed by atoms with van der Waals surface area (Å²) in [5, 5.41) is 4.68. The van der Waals surface area contributed by atoms with Gasteiger partial charge in [0.2, 0.25) is 0 Å². The minimum absolute atomic E-state index is 0.0403. The summed E-state index contributed by atoms with van der Waals surface area (Å²) in [6.45, 7) is 6.62. The highest BCUT2D eigenvalue weighted by Gasteiger charge is 2.50. The third-order valence-corrected chi connectivity index (χ3v) is 14.7. The number of amides is 1. The molecule has 58 heavy (non-hydrogen) atoms.